The molecule has 0 spiro atoms. The standard InChI is InChI=1S/C20H20F4N4O2/c21-16-4-1-3-14(11-16)19(30)26-13-18(29)28-8-2-7-27(9-10-28)17-6-5-15(12-25-17)20(22,23)24/h1,3-6,11-12H,2,7-10,13H2,(H,26,30). The predicted molar refractivity (Wildman–Crippen MR) is 101 cm³/mol. The summed E-state index contributed by atoms with van der Waals surface area (Å²) in [5.41, 5.74) is -0.690. The molecule has 1 aliphatic rings. The molecule has 6 nitrogen and oxygen atoms in total. The van der Waals surface area contributed by atoms with Crippen LogP contribution in [0.5, 0.6) is 0 Å². The second kappa shape index (κ2) is 9.10. The van der Waals surface area contributed by atoms with Crippen LogP contribution in [0.3, 0.4) is 0 Å². The van der Waals surface area contributed by atoms with Crippen LogP contribution in [0.15, 0.2) is 42.6 Å². The summed E-state index contributed by atoms with van der Waals surface area (Å²) in [6.45, 7) is 1.51. The maximum absolute atomic E-state index is 13.2. The lowest BCUT2D eigenvalue weighted by atomic mass is 10.2. The Morgan fingerprint density at radius 2 is 1.87 bits per heavy atom. The highest BCUT2D eigenvalue weighted by atomic mass is 19.4. The summed E-state index contributed by atoms with van der Waals surface area (Å²) in [6, 6.07) is 7.46. The van der Waals surface area contributed by atoms with E-state index in [1.165, 1.54) is 24.3 Å². The van der Waals surface area contributed by atoms with Gasteiger partial charge in [-0.15, -0.1) is 0 Å². The van der Waals surface area contributed by atoms with Gasteiger partial charge in [0.15, 0.2) is 0 Å². The minimum absolute atomic E-state index is 0.123. The van der Waals surface area contributed by atoms with E-state index in [9.17, 15) is 27.2 Å². The van der Waals surface area contributed by atoms with Gasteiger partial charge in [0.25, 0.3) is 5.91 Å². The van der Waals surface area contributed by atoms with E-state index in [1.807, 2.05) is 4.90 Å². The van der Waals surface area contributed by atoms with Gasteiger partial charge < -0.3 is 15.1 Å². The molecule has 0 aliphatic carbocycles. The van der Waals surface area contributed by atoms with Crippen LogP contribution in [0, 0.1) is 5.82 Å². The average Bonchev–Trinajstić information content (AvgIpc) is 2.97. The molecule has 1 aromatic carbocycles. The number of nitrogens with one attached hydrogen (secondary N) is 1. The number of halogens is 4. The molecule has 1 fully saturated rings. The molecule has 0 unspecified atom stereocenters. The number of benzene rings is 1. The highest BCUT2D eigenvalue weighted by Gasteiger charge is 2.31. The highest BCUT2D eigenvalue weighted by molar-refractivity contribution is 5.96. The molecule has 0 bridgehead atoms. The molecule has 1 aromatic heterocycles. The van der Waals surface area contributed by atoms with Gasteiger partial charge in [0.05, 0.1) is 12.1 Å². The van der Waals surface area contributed by atoms with Crippen molar-refractivity contribution in [1.29, 1.82) is 0 Å². The Labute approximate surface area is 170 Å². The summed E-state index contributed by atoms with van der Waals surface area (Å²) in [7, 11) is 0. The van der Waals surface area contributed by atoms with Gasteiger partial charge in [0.1, 0.15) is 11.6 Å². The molecule has 3 rings (SSSR count). The summed E-state index contributed by atoms with van der Waals surface area (Å²) < 4.78 is 51.2. The smallest absolute Gasteiger partial charge is 0.355 e. The Balaban J connectivity index is 1.53. The van der Waals surface area contributed by atoms with E-state index >= 15 is 0 Å². The first-order valence-corrected chi connectivity index (χ1v) is 9.34. The third-order valence-electron chi connectivity index (χ3n) is 4.73. The van der Waals surface area contributed by atoms with E-state index in [0.717, 1.165) is 18.3 Å². The molecule has 0 saturated carbocycles. The van der Waals surface area contributed by atoms with Crippen molar-refractivity contribution in [3.8, 4) is 0 Å². The fourth-order valence-electron chi connectivity index (χ4n) is 3.14. The monoisotopic (exact) mass is 424 g/mol. The predicted octanol–water partition coefficient (Wildman–Crippen LogP) is 2.71. The van der Waals surface area contributed by atoms with Gasteiger partial charge in [0.2, 0.25) is 5.91 Å². The molecule has 0 radical (unpaired) electrons. The molecule has 1 saturated heterocycles. The Morgan fingerprint density at radius 1 is 1.07 bits per heavy atom. The number of rotatable bonds is 4. The number of aromatic nitrogens is 1. The van der Waals surface area contributed by atoms with E-state index in [-0.39, 0.29) is 18.0 Å². The van der Waals surface area contributed by atoms with Gasteiger partial charge in [-0.1, -0.05) is 6.07 Å². The second-order valence-corrected chi connectivity index (χ2v) is 6.82. The second-order valence-electron chi connectivity index (χ2n) is 6.82. The molecule has 0 atom stereocenters. The molecule has 30 heavy (non-hydrogen) atoms. The van der Waals surface area contributed by atoms with E-state index in [2.05, 4.69) is 10.3 Å². The van der Waals surface area contributed by atoms with Gasteiger partial charge in [0, 0.05) is 37.9 Å². The van der Waals surface area contributed by atoms with E-state index in [1.54, 1.807) is 4.90 Å². The van der Waals surface area contributed by atoms with Gasteiger partial charge >= 0.3 is 6.18 Å². The number of anilines is 1. The van der Waals surface area contributed by atoms with Crippen molar-refractivity contribution in [2.24, 2.45) is 0 Å². The number of nitrogens with zero attached hydrogens (tertiary/aromatic N) is 3. The number of pyridine rings is 1. The zero-order valence-corrected chi connectivity index (χ0v) is 16.0. The van der Waals surface area contributed by atoms with Gasteiger partial charge in [-0.3, -0.25) is 9.59 Å². The van der Waals surface area contributed by atoms with Crippen molar-refractivity contribution in [2.75, 3.05) is 37.6 Å². The SMILES string of the molecule is O=C(NCC(=O)N1CCCN(c2ccc(C(F)(F)F)cn2)CC1)c1cccc(F)c1. The molecule has 2 aromatic rings. The Morgan fingerprint density at radius 3 is 2.53 bits per heavy atom. The summed E-state index contributed by atoms with van der Waals surface area (Å²) in [5, 5.41) is 2.48. The van der Waals surface area contributed by atoms with Crippen LogP contribution in [0.4, 0.5) is 23.4 Å². The molecular weight excluding hydrogens is 404 g/mol. The number of hydrogen-bond donors (Lipinski definition) is 1. The van der Waals surface area contributed by atoms with Gasteiger partial charge in [-0.25, -0.2) is 9.37 Å². The molecule has 1 N–H and O–H groups in total. The highest BCUT2D eigenvalue weighted by Crippen LogP contribution is 2.29. The quantitative estimate of drug-likeness (QED) is 0.767. The molecule has 10 heteroatoms. The average molecular weight is 424 g/mol. The zero-order chi connectivity index (χ0) is 21.7. The van der Waals surface area contributed by atoms with E-state index < -0.39 is 23.5 Å². The largest absolute Gasteiger partial charge is 0.417 e. The minimum atomic E-state index is -4.44. The maximum Gasteiger partial charge on any atom is 0.417 e. The topological polar surface area (TPSA) is 65.5 Å². The molecule has 160 valence electrons. The van der Waals surface area contributed by atoms with Crippen LogP contribution in [0.1, 0.15) is 22.3 Å². The summed E-state index contributed by atoms with van der Waals surface area (Å²) in [6.07, 6.45) is -3.04. The van der Waals surface area contributed by atoms with Crippen molar-refractivity contribution in [1.82, 2.24) is 15.2 Å². The van der Waals surface area contributed by atoms with Crippen molar-refractivity contribution in [3.63, 3.8) is 0 Å². The van der Waals surface area contributed by atoms with Crippen LogP contribution >= 0.6 is 0 Å². The molecule has 1 aliphatic heterocycles. The van der Waals surface area contributed by atoms with Gasteiger partial charge in [-0.05, 0) is 36.8 Å². The molecular formula is C20H20F4N4O2. The first-order chi connectivity index (χ1) is 14.2. The fraction of sp³-hybridized carbons (Fsp3) is 0.350. The Bertz CT molecular complexity index is 902. The minimum Gasteiger partial charge on any atom is -0.355 e. The lowest BCUT2D eigenvalue weighted by Gasteiger charge is -2.23. The molecule has 2 amide bonds. The van der Waals surface area contributed by atoms with Crippen molar-refractivity contribution in [3.05, 3.63) is 59.5 Å². The van der Waals surface area contributed by atoms with Crippen LogP contribution in [0.2, 0.25) is 0 Å². The van der Waals surface area contributed by atoms with Crippen molar-refractivity contribution in [2.45, 2.75) is 12.6 Å². The summed E-state index contributed by atoms with van der Waals surface area (Å²) in [5.74, 6) is -0.967. The van der Waals surface area contributed by atoms with Crippen LogP contribution in [-0.4, -0.2) is 54.4 Å². The van der Waals surface area contributed by atoms with Crippen molar-refractivity contribution >= 4 is 17.6 Å². The van der Waals surface area contributed by atoms with E-state index in [4.69, 9.17) is 0 Å². The third-order valence-corrected chi connectivity index (χ3v) is 4.73. The number of carbonyl (C=O) groups is 2. The number of carbonyl (C=O) groups excluding carboxylic acids is 2. The van der Waals surface area contributed by atoms with Crippen LogP contribution in [0.25, 0.3) is 0 Å². The van der Waals surface area contributed by atoms with Gasteiger partial charge in [-0.2, -0.15) is 13.2 Å². The fourth-order valence-corrected chi connectivity index (χ4v) is 3.14. The normalized spacial score (nSPS) is 14.9. The lowest BCUT2D eigenvalue weighted by Crippen LogP contribution is -2.42. The lowest BCUT2D eigenvalue weighted by molar-refractivity contribution is -0.137. The summed E-state index contributed by atoms with van der Waals surface area (Å²) >= 11 is 0. The van der Waals surface area contributed by atoms with Crippen LogP contribution in [-0.2, 0) is 11.0 Å². The third kappa shape index (κ3) is 5.46. The number of amides is 2. The molecule has 2 heterocycles. The first kappa shape index (κ1) is 21.5. The first-order valence-electron chi connectivity index (χ1n) is 9.34. The Kier molecular flexibility index (Phi) is 6.53. The number of hydrogen-bond acceptors (Lipinski definition) is 4. The maximum atomic E-state index is 13.2. The zero-order valence-electron chi connectivity index (χ0n) is 16.0. The Hall–Kier alpha value is -3.17. The van der Waals surface area contributed by atoms with Crippen molar-refractivity contribution < 1.29 is 27.2 Å². The summed E-state index contributed by atoms with van der Waals surface area (Å²) in [4.78, 5) is 31.8. The van der Waals surface area contributed by atoms with Crippen LogP contribution < -0.4 is 10.2 Å². The number of alkyl halides is 3. The van der Waals surface area contributed by atoms with E-state index in [0.29, 0.717) is 38.4 Å².